The number of hydrogen-bond donors (Lipinski definition) is 0. The molecular weight excluding hydrogens is 208 g/mol. The second-order valence-electron chi connectivity index (χ2n) is 5.47. The van der Waals surface area contributed by atoms with Gasteiger partial charge in [0.2, 0.25) is 0 Å². The minimum absolute atomic E-state index is 0.605. The molecule has 0 saturated carbocycles. The van der Waals surface area contributed by atoms with Crippen LogP contribution in [0.3, 0.4) is 0 Å². The lowest BCUT2D eigenvalue weighted by Crippen LogP contribution is -2.53. The van der Waals surface area contributed by atoms with Gasteiger partial charge in [-0.15, -0.1) is 0 Å². The predicted octanol–water partition coefficient (Wildman–Crippen LogP) is 2.91. The third-order valence-electron chi connectivity index (χ3n) is 3.72. The van der Waals surface area contributed by atoms with Gasteiger partial charge >= 0.3 is 0 Å². The van der Waals surface area contributed by atoms with E-state index in [4.69, 9.17) is 0 Å². The van der Waals surface area contributed by atoms with Gasteiger partial charge in [-0.25, -0.2) is 0 Å². The third-order valence-corrected chi connectivity index (χ3v) is 3.72. The lowest BCUT2D eigenvalue weighted by molar-refractivity contribution is 0.185. The van der Waals surface area contributed by atoms with E-state index < -0.39 is 0 Å². The van der Waals surface area contributed by atoms with Gasteiger partial charge in [-0.3, -0.25) is 4.90 Å². The monoisotopic (exact) mass is 232 g/mol. The van der Waals surface area contributed by atoms with E-state index in [-0.39, 0.29) is 0 Å². The maximum absolute atomic E-state index is 2.57. The average molecular weight is 232 g/mol. The Bertz CT molecular complexity index is 373. The highest BCUT2D eigenvalue weighted by Gasteiger charge is 2.24. The first-order valence-corrected chi connectivity index (χ1v) is 6.65. The molecule has 1 unspecified atom stereocenters. The van der Waals surface area contributed by atoms with Gasteiger partial charge < -0.3 is 4.90 Å². The standard InChI is InChI=1S/C15H24N2/c1-12(2)16-8-9-17(14(4)11-16)15-7-5-6-13(3)10-15/h5-7,10,12,14H,8-9,11H2,1-4H3. The van der Waals surface area contributed by atoms with Crippen LogP contribution in [0.15, 0.2) is 24.3 Å². The highest BCUT2D eigenvalue weighted by atomic mass is 15.3. The second-order valence-corrected chi connectivity index (χ2v) is 5.47. The summed E-state index contributed by atoms with van der Waals surface area (Å²) in [7, 11) is 0. The minimum Gasteiger partial charge on any atom is -0.366 e. The zero-order valence-corrected chi connectivity index (χ0v) is 11.5. The van der Waals surface area contributed by atoms with E-state index >= 15 is 0 Å². The molecule has 2 nitrogen and oxygen atoms in total. The maximum Gasteiger partial charge on any atom is 0.0389 e. The van der Waals surface area contributed by atoms with Crippen LogP contribution in [-0.4, -0.2) is 36.6 Å². The van der Waals surface area contributed by atoms with E-state index in [0.717, 1.165) is 6.54 Å². The molecule has 0 N–H and O–H groups in total. The van der Waals surface area contributed by atoms with Gasteiger partial charge in [0.15, 0.2) is 0 Å². The number of aryl methyl sites for hydroxylation is 1. The van der Waals surface area contributed by atoms with Crippen LogP contribution in [0.4, 0.5) is 5.69 Å². The van der Waals surface area contributed by atoms with Crippen LogP contribution in [0.1, 0.15) is 26.3 Å². The highest BCUT2D eigenvalue weighted by molar-refractivity contribution is 5.49. The van der Waals surface area contributed by atoms with Crippen LogP contribution in [0, 0.1) is 6.92 Å². The van der Waals surface area contributed by atoms with Crippen molar-refractivity contribution < 1.29 is 0 Å². The summed E-state index contributed by atoms with van der Waals surface area (Å²) in [6, 6.07) is 10.1. The molecule has 1 aliphatic rings. The van der Waals surface area contributed by atoms with Gasteiger partial charge in [0.05, 0.1) is 0 Å². The van der Waals surface area contributed by atoms with E-state index in [9.17, 15) is 0 Å². The summed E-state index contributed by atoms with van der Waals surface area (Å²) in [4.78, 5) is 5.10. The first kappa shape index (κ1) is 12.4. The molecule has 0 spiro atoms. The van der Waals surface area contributed by atoms with Crippen LogP contribution in [-0.2, 0) is 0 Å². The van der Waals surface area contributed by atoms with Crippen molar-refractivity contribution in [3.63, 3.8) is 0 Å². The summed E-state index contributed by atoms with van der Waals surface area (Å²) in [5.41, 5.74) is 2.72. The Morgan fingerprint density at radius 1 is 1.24 bits per heavy atom. The number of nitrogens with zero attached hydrogens (tertiary/aromatic N) is 2. The van der Waals surface area contributed by atoms with Crippen LogP contribution in [0.25, 0.3) is 0 Å². The van der Waals surface area contributed by atoms with Crippen molar-refractivity contribution in [1.29, 1.82) is 0 Å². The molecule has 0 radical (unpaired) electrons. The van der Waals surface area contributed by atoms with E-state index in [1.807, 2.05) is 0 Å². The smallest absolute Gasteiger partial charge is 0.0389 e. The molecular formula is C15H24N2. The van der Waals surface area contributed by atoms with Crippen molar-refractivity contribution in [3.8, 4) is 0 Å². The van der Waals surface area contributed by atoms with E-state index in [2.05, 4.69) is 61.8 Å². The summed E-state index contributed by atoms with van der Waals surface area (Å²) in [5, 5.41) is 0. The van der Waals surface area contributed by atoms with Crippen molar-refractivity contribution in [1.82, 2.24) is 4.90 Å². The Kier molecular flexibility index (Phi) is 3.72. The molecule has 1 aromatic rings. The number of anilines is 1. The largest absolute Gasteiger partial charge is 0.366 e. The van der Waals surface area contributed by atoms with E-state index in [1.165, 1.54) is 24.3 Å². The molecule has 17 heavy (non-hydrogen) atoms. The Labute approximate surface area is 105 Å². The molecule has 1 heterocycles. The van der Waals surface area contributed by atoms with E-state index in [1.54, 1.807) is 0 Å². The topological polar surface area (TPSA) is 6.48 Å². The van der Waals surface area contributed by atoms with Crippen LogP contribution < -0.4 is 4.90 Å². The number of rotatable bonds is 2. The Hall–Kier alpha value is -1.02. The van der Waals surface area contributed by atoms with Gasteiger partial charge in [0, 0.05) is 37.4 Å². The van der Waals surface area contributed by atoms with Gasteiger partial charge in [-0.1, -0.05) is 12.1 Å². The van der Waals surface area contributed by atoms with Gasteiger partial charge in [-0.05, 0) is 45.4 Å². The normalized spacial score (nSPS) is 22.2. The molecule has 0 aromatic heterocycles. The minimum atomic E-state index is 0.605. The zero-order chi connectivity index (χ0) is 12.4. The van der Waals surface area contributed by atoms with Crippen LogP contribution >= 0.6 is 0 Å². The second kappa shape index (κ2) is 5.09. The molecule has 1 saturated heterocycles. The number of piperazine rings is 1. The number of benzene rings is 1. The Morgan fingerprint density at radius 3 is 2.59 bits per heavy atom. The summed E-state index contributed by atoms with van der Waals surface area (Å²) in [6.45, 7) is 12.6. The molecule has 1 aromatic carbocycles. The van der Waals surface area contributed by atoms with Crippen molar-refractivity contribution in [2.75, 3.05) is 24.5 Å². The van der Waals surface area contributed by atoms with Crippen LogP contribution in [0.2, 0.25) is 0 Å². The average Bonchev–Trinajstić information content (AvgIpc) is 2.28. The molecule has 1 aliphatic heterocycles. The molecule has 0 aliphatic carbocycles. The summed E-state index contributed by atoms with van der Waals surface area (Å²) in [5.74, 6) is 0. The zero-order valence-electron chi connectivity index (χ0n) is 11.5. The lowest BCUT2D eigenvalue weighted by atomic mass is 10.1. The molecule has 1 fully saturated rings. The molecule has 0 bridgehead atoms. The molecule has 1 atom stereocenters. The molecule has 2 heteroatoms. The van der Waals surface area contributed by atoms with Crippen molar-refractivity contribution in [3.05, 3.63) is 29.8 Å². The Morgan fingerprint density at radius 2 is 2.00 bits per heavy atom. The lowest BCUT2D eigenvalue weighted by Gasteiger charge is -2.43. The Balaban J connectivity index is 2.09. The summed E-state index contributed by atoms with van der Waals surface area (Å²) >= 11 is 0. The highest BCUT2D eigenvalue weighted by Crippen LogP contribution is 2.22. The van der Waals surface area contributed by atoms with Gasteiger partial charge in [0.25, 0.3) is 0 Å². The predicted molar refractivity (Wildman–Crippen MR) is 74.7 cm³/mol. The fourth-order valence-corrected chi connectivity index (χ4v) is 2.65. The summed E-state index contributed by atoms with van der Waals surface area (Å²) in [6.07, 6.45) is 0. The van der Waals surface area contributed by atoms with Crippen molar-refractivity contribution in [2.24, 2.45) is 0 Å². The quantitative estimate of drug-likeness (QED) is 0.773. The fraction of sp³-hybridized carbons (Fsp3) is 0.600. The fourth-order valence-electron chi connectivity index (χ4n) is 2.65. The number of hydrogen-bond acceptors (Lipinski definition) is 2. The van der Waals surface area contributed by atoms with Crippen LogP contribution in [0.5, 0.6) is 0 Å². The molecule has 0 amide bonds. The SMILES string of the molecule is Cc1cccc(N2CCN(C(C)C)CC2C)c1. The first-order chi connectivity index (χ1) is 8.08. The van der Waals surface area contributed by atoms with Crippen molar-refractivity contribution in [2.45, 2.75) is 39.8 Å². The summed E-state index contributed by atoms with van der Waals surface area (Å²) < 4.78 is 0. The molecule has 94 valence electrons. The van der Waals surface area contributed by atoms with Crippen molar-refractivity contribution >= 4 is 5.69 Å². The van der Waals surface area contributed by atoms with E-state index in [0.29, 0.717) is 12.1 Å². The molecule has 2 rings (SSSR count). The van der Waals surface area contributed by atoms with Gasteiger partial charge in [-0.2, -0.15) is 0 Å². The third kappa shape index (κ3) is 2.81. The maximum atomic E-state index is 2.57. The van der Waals surface area contributed by atoms with Gasteiger partial charge in [0.1, 0.15) is 0 Å². The first-order valence-electron chi connectivity index (χ1n) is 6.65.